The zero-order valence-corrected chi connectivity index (χ0v) is 19.1. The minimum Gasteiger partial charge on any atom is -0.493 e. The van der Waals surface area contributed by atoms with Gasteiger partial charge in [-0.05, 0) is 73.2 Å². The predicted molar refractivity (Wildman–Crippen MR) is 110 cm³/mol. The molecule has 170 valence electrons. The summed E-state index contributed by atoms with van der Waals surface area (Å²) >= 11 is 3.43. The Hall–Kier alpha value is -0.980. The zero-order valence-electron chi connectivity index (χ0n) is 17.6. The van der Waals surface area contributed by atoms with Crippen molar-refractivity contribution in [2.45, 2.75) is 69.7 Å². The topological polar surface area (TPSA) is 132 Å². The normalized spacial score (nSPS) is 23.0. The Kier molecular flexibility index (Phi) is 6.45. The van der Waals surface area contributed by atoms with Gasteiger partial charge in [-0.1, -0.05) is 0 Å². The number of aliphatic hydroxyl groups is 5. The summed E-state index contributed by atoms with van der Waals surface area (Å²) in [5.74, 6) is -7.55. The molecule has 2 aliphatic heterocycles. The fraction of sp³-hybridized carbons (Fsp3) is 0.700. The molecule has 0 aromatic heterocycles. The molecule has 0 bridgehead atoms. The fourth-order valence-corrected chi connectivity index (χ4v) is 4.84. The van der Waals surface area contributed by atoms with Crippen LogP contribution in [0.1, 0.15) is 50.8 Å². The molecule has 0 spiro atoms. The Morgan fingerprint density at radius 1 is 1.10 bits per heavy atom. The minimum absolute atomic E-state index is 0.147. The Morgan fingerprint density at radius 3 is 2.33 bits per heavy atom. The van der Waals surface area contributed by atoms with Crippen molar-refractivity contribution in [2.75, 3.05) is 20.2 Å². The van der Waals surface area contributed by atoms with Crippen molar-refractivity contribution in [3.8, 4) is 11.5 Å². The second kappa shape index (κ2) is 8.18. The highest BCUT2D eigenvalue weighted by atomic mass is 79.9. The summed E-state index contributed by atoms with van der Waals surface area (Å²) in [4.78, 5) is 2.37. The van der Waals surface area contributed by atoms with Gasteiger partial charge in [0, 0.05) is 19.1 Å². The van der Waals surface area contributed by atoms with Gasteiger partial charge in [-0.15, -0.1) is 0 Å². The van der Waals surface area contributed by atoms with Crippen LogP contribution in [0.25, 0.3) is 0 Å². The molecule has 2 heterocycles. The smallest absolute Gasteiger partial charge is 0.409 e. The Bertz CT molecular complexity index is 786. The Balaban J connectivity index is 1.91. The highest BCUT2D eigenvalue weighted by Crippen LogP contribution is 2.48. The van der Waals surface area contributed by atoms with Crippen molar-refractivity contribution in [3.63, 3.8) is 0 Å². The molecule has 9 nitrogen and oxygen atoms in total. The largest absolute Gasteiger partial charge is 0.493 e. The molecule has 0 radical (unpaired) electrons. The number of benzene rings is 1. The first-order chi connectivity index (χ1) is 13.7. The SMILES string of the molecule is COc1cc2c(c(Br)c1OC(O)(O)C(O)(O)O)CCN1CC(OC(C)(C)C)CCC21. The van der Waals surface area contributed by atoms with Crippen LogP contribution in [-0.4, -0.2) is 74.3 Å². The Labute approximate surface area is 183 Å². The van der Waals surface area contributed by atoms with Gasteiger partial charge in [-0.25, -0.2) is 0 Å². The van der Waals surface area contributed by atoms with E-state index in [1.165, 1.54) is 7.11 Å². The van der Waals surface area contributed by atoms with Crippen molar-refractivity contribution in [1.82, 2.24) is 4.90 Å². The lowest BCUT2D eigenvalue weighted by Crippen LogP contribution is -2.58. The summed E-state index contributed by atoms with van der Waals surface area (Å²) in [7, 11) is 1.39. The third-order valence-electron chi connectivity index (χ3n) is 5.39. The van der Waals surface area contributed by atoms with Crippen molar-refractivity contribution in [2.24, 2.45) is 0 Å². The number of ether oxygens (including phenoxy) is 3. The maximum absolute atomic E-state index is 9.75. The number of methoxy groups -OCH3 is 1. The second-order valence-electron chi connectivity index (χ2n) is 8.83. The lowest BCUT2D eigenvalue weighted by molar-refractivity contribution is -0.502. The quantitative estimate of drug-likeness (QED) is 0.382. The van der Waals surface area contributed by atoms with E-state index in [0.717, 1.165) is 37.1 Å². The molecule has 5 N–H and O–H groups in total. The molecule has 30 heavy (non-hydrogen) atoms. The summed E-state index contributed by atoms with van der Waals surface area (Å²) in [6.07, 6.45) is 2.61. The number of halogens is 1. The van der Waals surface area contributed by atoms with Gasteiger partial charge in [-0.3, -0.25) is 4.90 Å². The van der Waals surface area contributed by atoms with Gasteiger partial charge in [0.1, 0.15) is 0 Å². The maximum atomic E-state index is 9.75. The number of piperidine rings is 1. The van der Waals surface area contributed by atoms with Crippen LogP contribution < -0.4 is 9.47 Å². The standard InChI is InChI=1S/C20H30BrNO8/c1-18(2,3)29-11-5-6-14-13-9-15(28-4)17(30-20(26,27)19(23,24)25)16(21)12(13)7-8-22(14)10-11/h9,11,14,23-27H,5-8,10H2,1-4H3. The van der Waals surface area contributed by atoms with E-state index in [9.17, 15) is 25.5 Å². The van der Waals surface area contributed by atoms with Crippen molar-refractivity contribution in [3.05, 3.63) is 21.7 Å². The first kappa shape index (κ1) is 23.7. The van der Waals surface area contributed by atoms with Gasteiger partial charge in [0.25, 0.3) is 0 Å². The molecule has 1 saturated heterocycles. The van der Waals surface area contributed by atoms with Gasteiger partial charge < -0.3 is 39.7 Å². The molecule has 0 saturated carbocycles. The number of rotatable bonds is 5. The predicted octanol–water partition coefficient (Wildman–Crippen LogP) is 0.982. The molecule has 10 heteroatoms. The zero-order chi connectivity index (χ0) is 22.5. The monoisotopic (exact) mass is 491 g/mol. The first-order valence-corrected chi connectivity index (χ1v) is 10.6. The summed E-state index contributed by atoms with van der Waals surface area (Å²) in [6, 6.07) is 1.90. The minimum atomic E-state index is -3.89. The van der Waals surface area contributed by atoms with Crippen LogP contribution in [0.3, 0.4) is 0 Å². The first-order valence-electron chi connectivity index (χ1n) is 9.85. The third kappa shape index (κ3) is 4.76. The van der Waals surface area contributed by atoms with Crippen LogP contribution in [0.5, 0.6) is 11.5 Å². The molecule has 1 fully saturated rings. The van der Waals surface area contributed by atoms with Gasteiger partial charge >= 0.3 is 11.9 Å². The highest BCUT2D eigenvalue weighted by molar-refractivity contribution is 9.10. The molecule has 1 aromatic carbocycles. The van der Waals surface area contributed by atoms with Crippen LogP contribution in [0.15, 0.2) is 10.5 Å². The molecule has 0 amide bonds. The number of nitrogens with zero attached hydrogens (tertiary/aromatic N) is 1. The van der Waals surface area contributed by atoms with Crippen LogP contribution in [-0.2, 0) is 11.2 Å². The third-order valence-corrected chi connectivity index (χ3v) is 6.23. The van der Waals surface area contributed by atoms with Crippen molar-refractivity contribution in [1.29, 1.82) is 0 Å². The van der Waals surface area contributed by atoms with E-state index in [2.05, 4.69) is 41.6 Å². The van der Waals surface area contributed by atoms with E-state index in [1.807, 2.05) is 0 Å². The molecule has 0 aliphatic carbocycles. The van der Waals surface area contributed by atoms with Crippen molar-refractivity contribution >= 4 is 15.9 Å². The van der Waals surface area contributed by atoms with Gasteiger partial charge in [-0.2, -0.15) is 0 Å². The highest BCUT2D eigenvalue weighted by Gasteiger charge is 2.51. The number of fused-ring (bicyclic) bond motifs is 3. The van der Waals surface area contributed by atoms with Crippen LogP contribution in [0.4, 0.5) is 0 Å². The average Bonchev–Trinajstić information content (AvgIpc) is 2.60. The van der Waals surface area contributed by atoms with E-state index in [0.29, 0.717) is 10.9 Å². The maximum Gasteiger partial charge on any atom is 0.409 e. The van der Waals surface area contributed by atoms with Crippen LogP contribution in [0.2, 0.25) is 0 Å². The van der Waals surface area contributed by atoms with Gasteiger partial charge in [0.05, 0.1) is 23.3 Å². The van der Waals surface area contributed by atoms with Gasteiger partial charge in [0.15, 0.2) is 11.5 Å². The lowest BCUT2D eigenvalue weighted by Gasteiger charge is -2.45. The average molecular weight is 492 g/mol. The second-order valence-corrected chi connectivity index (χ2v) is 9.62. The summed E-state index contributed by atoms with van der Waals surface area (Å²) in [5, 5.41) is 47.0. The summed E-state index contributed by atoms with van der Waals surface area (Å²) in [6.45, 7) is 7.75. The molecular weight excluding hydrogens is 462 g/mol. The van der Waals surface area contributed by atoms with Crippen molar-refractivity contribution < 1.29 is 39.7 Å². The molecule has 2 unspecified atom stereocenters. The van der Waals surface area contributed by atoms with E-state index in [-0.39, 0.29) is 29.2 Å². The molecule has 2 aliphatic rings. The summed E-state index contributed by atoms with van der Waals surface area (Å²) < 4.78 is 16.9. The molecule has 1 aromatic rings. The molecular formula is C20H30BrNO8. The van der Waals surface area contributed by atoms with E-state index in [4.69, 9.17) is 14.2 Å². The van der Waals surface area contributed by atoms with E-state index >= 15 is 0 Å². The number of hydrogen-bond acceptors (Lipinski definition) is 9. The fourth-order valence-electron chi connectivity index (χ4n) is 4.13. The van der Waals surface area contributed by atoms with Crippen LogP contribution >= 0.6 is 15.9 Å². The van der Waals surface area contributed by atoms with E-state index < -0.39 is 11.9 Å². The van der Waals surface area contributed by atoms with Crippen LogP contribution in [0, 0.1) is 0 Å². The number of hydrogen-bond donors (Lipinski definition) is 5. The summed E-state index contributed by atoms with van der Waals surface area (Å²) in [5.41, 5.74) is 1.72. The molecule has 2 atom stereocenters. The lowest BCUT2D eigenvalue weighted by atomic mass is 9.85. The van der Waals surface area contributed by atoms with E-state index in [1.54, 1.807) is 6.07 Å². The Morgan fingerprint density at radius 2 is 1.77 bits per heavy atom. The van der Waals surface area contributed by atoms with Gasteiger partial charge in [0.2, 0.25) is 0 Å². The molecule has 3 rings (SSSR count).